The zero-order chi connectivity index (χ0) is 10.6. The van der Waals surface area contributed by atoms with E-state index in [9.17, 15) is 0 Å². The number of rotatable bonds is 4. The quantitative estimate of drug-likeness (QED) is 0.831. The first-order valence-corrected chi connectivity index (χ1v) is 5.00. The molecule has 1 rings (SSSR count). The van der Waals surface area contributed by atoms with E-state index in [0.29, 0.717) is 11.1 Å². The summed E-state index contributed by atoms with van der Waals surface area (Å²) >= 11 is 5.95. The number of nitrogens with one attached hydrogen (secondary N) is 1. The molecular formula is C10H16ClN3. The van der Waals surface area contributed by atoms with Gasteiger partial charge in [0.2, 0.25) is 0 Å². The monoisotopic (exact) mass is 213 g/mol. The van der Waals surface area contributed by atoms with E-state index in [-0.39, 0.29) is 0 Å². The molecule has 0 radical (unpaired) electrons. The molecule has 0 saturated carbocycles. The molecule has 0 spiro atoms. The van der Waals surface area contributed by atoms with E-state index >= 15 is 0 Å². The fraction of sp³-hybridized carbons (Fsp3) is 0.500. The summed E-state index contributed by atoms with van der Waals surface area (Å²) in [6, 6.07) is 4.10. The Balaban J connectivity index is 2.50. The average Bonchev–Trinajstić information content (AvgIpc) is 2.16. The van der Waals surface area contributed by atoms with Crippen LogP contribution in [0.25, 0.3) is 0 Å². The van der Waals surface area contributed by atoms with Gasteiger partial charge in [-0.25, -0.2) is 4.98 Å². The van der Waals surface area contributed by atoms with Crippen LogP contribution < -0.4 is 5.32 Å². The molecule has 0 aliphatic carbocycles. The molecule has 0 saturated heterocycles. The van der Waals surface area contributed by atoms with Gasteiger partial charge in [-0.1, -0.05) is 11.6 Å². The minimum absolute atomic E-state index is 0.452. The topological polar surface area (TPSA) is 28.2 Å². The molecule has 1 heterocycles. The fourth-order valence-corrected chi connectivity index (χ4v) is 1.13. The minimum atomic E-state index is 0.452. The Morgan fingerprint density at radius 1 is 1.57 bits per heavy atom. The number of aromatic nitrogens is 1. The third-order valence-corrected chi connectivity index (χ3v) is 2.51. The van der Waals surface area contributed by atoms with Crippen LogP contribution in [0.5, 0.6) is 0 Å². The Bertz CT molecular complexity index is 288. The van der Waals surface area contributed by atoms with E-state index in [1.54, 1.807) is 6.20 Å². The predicted octanol–water partition coefficient (Wildman–Crippen LogP) is 2.10. The Kier molecular flexibility index (Phi) is 4.17. The number of anilines is 1. The molecule has 78 valence electrons. The van der Waals surface area contributed by atoms with Gasteiger partial charge in [0.1, 0.15) is 5.82 Å². The second kappa shape index (κ2) is 5.17. The first kappa shape index (κ1) is 11.3. The molecule has 1 unspecified atom stereocenters. The van der Waals surface area contributed by atoms with Gasteiger partial charge in [-0.05, 0) is 33.2 Å². The standard InChI is InChI=1S/C10H16ClN3/c1-8(14(2)3)7-13-10-9(11)5-4-6-12-10/h4-6,8H,7H2,1-3H3,(H,12,13). The van der Waals surface area contributed by atoms with Crippen molar-refractivity contribution in [3.05, 3.63) is 23.4 Å². The maximum absolute atomic E-state index is 5.95. The Hall–Kier alpha value is -0.800. The molecule has 0 fully saturated rings. The highest BCUT2D eigenvalue weighted by Gasteiger charge is 2.05. The van der Waals surface area contributed by atoms with Crippen molar-refractivity contribution >= 4 is 17.4 Å². The molecule has 4 heteroatoms. The summed E-state index contributed by atoms with van der Waals surface area (Å²) < 4.78 is 0. The van der Waals surface area contributed by atoms with E-state index in [4.69, 9.17) is 11.6 Å². The molecular weight excluding hydrogens is 198 g/mol. The molecule has 1 aromatic heterocycles. The van der Waals surface area contributed by atoms with E-state index in [2.05, 4.69) is 22.1 Å². The van der Waals surface area contributed by atoms with Gasteiger partial charge < -0.3 is 10.2 Å². The SMILES string of the molecule is CC(CNc1ncccc1Cl)N(C)C. The first-order chi connectivity index (χ1) is 6.61. The van der Waals surface area contributed by atoms with Crippen molar-refractivity contribution < 1.29 is 0 Å². The lowest BCUT2D eigenvalue weighted by atomic mass is 10.3. The van der Waals surface area contributed by atoms with Crippen molar-refractivity contribution in [2.75, 3.05) is 26.0 Å². The Labute approximate surface area is 90.1 Å². The summed E-state index contributed by atoms with van der Waals surface area (Å²) in [4.78, 5) is 6.29. The lowest BCUT2D eigenvalue weighted by Crippen LogP contribution is -2.31. The van der Waals surface area contributed by atoms with Crippen LogP contribution in [0.2, 0.25) is 5.02 Å². The Morgan fingerprint density at radius 2 is 2.29 bits per heavy atom. The smallest absolute Gasteiger partial charge is 0.144 e. The van der Waals surface area contributed by atoms with Crippen LogP contribution in [0.3, 0.4) is 0 Å². The number of halogens is 1. The second-order valence-corrected chi connectivity index (χ2v) is 3.93. The van der Waals surface area contributed by atoms with Gasteiger partial charge >= 0.3 is 0 Å². The number of likely N-dealkylation sites (N-methyl/N-ethyl adjacent to an activating group) is 1. The second-order valence-electron chi connectivity index (χ2n) is 3.53. The van der Waals surface area contributed by atoms with Crippen molar-refractivity contribution in [1.82, 2.24) is 9.88 Å². The van der Waals surface area contributed by atoms with Crippen LogP contribution in [0.4, 0.5) is 5.82 Å². The van der Waals surface area contributed by atoms with E-state index in [1.807, 2.05) is 26.2 Å². The lowest BCUT2D eigenvalue weighted by molar-refractivity contribution is 0.326. The summed E-state index contributed by atoms with van der Waals surface area (Å²) in [5.74, 6) is 0.753. The number of hydrogen-bond acceptors (Lipinski definition) is 3. The van der Waals surface area contributed by atoms with Gasteiger partial charge in [0.15, 0.2) is 0 Å². The largest absolute Gasteiger partial charge is 0.367 e. The minimum Gasteiger partial charge on any atom is -0.367 e. The van der Waals surface area contributed by atoms with Gasteiger partial charge in [0.05, 0.1) is 5.02 Å². The molecule has 1 N–H and O–H groups in total. The molecule has 1 aromatic rings. The van der Waals surface area contributed by atoms with E-state index in [0.717, 1.165) is 12.4 Å². The first-order valence-electron chi connectivity index (χ1n) is 4.62. The van der Waals surface area contributed by atoms with Crippen molar-refractivity contribution in [2.24, 2.45) is 0 Å². The molecule has 1 atom stereocenters. The maximum atomic E-state index is 5.95. The van der Waals surface area contributed by atoms with Crippen LogP contribution >= 0.6 is 11.6 Å². The zero-order valence-electron chi connectivity index (χ0n) is 8.79. The van der Waals surface area contributed by atoms with Gasteiger partial charge in [0.25, 0.3) is 0 Å². The number of hydrogen-bond donors (Lipinski definition) is 1. The van der Waals surface area contributed by atoms with Crippen LogP contribution in [-0.4, -0.2) is 36.6 Å². The van der Waals surface area contributed by atoms with Crippen LogP contribution in [0.15, 0.2) is 18.3 Å². The number of pyridine rings is 1. The molecule has 14 heavy (non-hydrogen) atoms. The highest BCUT2D eigenvalue weighted by atomic mass is 35.5. The maximum Gasteiger partial charge on any atom is 0.144 e. The van der Waals surface area contributed by atoms with Crippen molar-refractivity contribution in [3.63, 3.8) is 0 Å². The molecule has 0 aromatic carbocycles. The molecule has 3 nitrogen and oxygen atoms in total. The average molecular weight is 214 g/mol. The van der Waals surface area contributed by atoms with Crippen molar-refractivity contribution in [2.45, 2.75) is 13.0 Å². The van der Waals surface area contributed by atoms with Crippen molar-refractivity contribution in [1.29, 1.82) is 0 Å². The summed E-state index contributed by atoms with van der Waals surface area (Å²) in [6.45, 7) is 2.98. The summed E-state index contributed by atoms with van der Waals surface area (Å²) in [5, 5.41) is 3.87. The van der Waals surface area contributed by atoms with Gasteiger partial charge in [0, 0.05) is 18.8 Å². The fourth-order valence-electron chi connectivity index (χ4n) is 0.943. The van der Waals surface area contributed by atoms with Crippen LogP contribution in [-0.2, 0) is 0 Å². The van der Waals surface area contributed by atoms with E-state index < -0.39 is 0 Å². The van der Waals surface area contributed by atoms with Crippen LogP contribution in [0.1, 0.15) is 6.92 Å². The van der Waals surface area contributed by atoms with E-state index in [1.165, 1.54) is 0 Å². The van der Waals surface area contributed by atoms with Gasteiger partial charge in [-0.15, -0.1) is 0 Å². The molecule has 0 aliphatic heterocycles. The molecule has 0 amide bonds. The summed E-state index contributed by atoms with van der Waals surface area (Å²) in [6.07, 6.45) is 1.73. The Morgan fingerprint density at radius 3 is 2.86 bits per heavy atom. The van der Waals surface area contributed by atoms with Gasteiger partial charge in [-0.2, -0.15) is 0 Å². The lowest BCUT2D eigenvalue weighted by Gasteiger charge is -2.20. The summed E-state index contributed by atoms with van der Waals surface area (Å²) in [7, 11) is 4.10. The third-order valence-electron chi connectivity index (χ3n) is 2.20. The number of nitrogens with zero attached hydrogens (tertiary/aromatic N) is 2. The normalized spacial score (nSPS) is 12.9. The molecule has 0 aliphatic rings. The highest BCUT2D eigenvalue weighted by Crippen LogP contribution is 2.17. The predicted molar refractivity (Wildman–Crippen MR) is 60.9 cm³/mol. The van der Waals surface area contributed by atoms with Crippen molar-refractivity contribution in [3.8, 4) is 0 Å². The molecule has 0 bridgehead atoms. The van der Waals surface area contributed by atoms with Gasteiger partial charge in [-0.3, -0.25) is 0 Å². The zero-order valence-corrected chi connectivity index (χ0v) is 9.54. The third kappa shape index (κ3) is 3.16. The van der Waals surface area contributed by atoms with Crippen LogP contribution in [0, 0.1) is 0 Å². The highest BCUT2D eigenvalue weighted by molar-refractivity contribution is 6.32. The summed E-state index contributed by atoms with van der Waals surface area (Å²) in [5.41, 5.74) is 0.